The summed E-state index contributed by atoms with van der Waals surface area (Å²) < 4.78 is 44.7. The lowest BCUT2D eigenvalue weighted by atomic mass is 10.1. The molecule has 0 saturated heterocycles. The molecule has 1 rings (SSSR count). The number of methoxy groups -OCH3 is 1. The Morgan fingerprint density at radius 1 is 1.47 bits per heavy atom. The first-order valence-corrected chi connectivity index (χ1v) is 4.54. The van der Waals surface area contributed by atoms with Crippen molar-refractivity contribution in [3.8, 4) is 17.7 Å². The van der Waals surface area contributed by atoms with E-state index >= 15 is 0 Å². The number of hydrogen-bond acceptors (Lipinski definition) is 4. The lowest BCUT2D eigenvalue weighted by molar-refractivity contribution is -0.276. The standard InChI is InChI=1S/C10H9F3N2O2/c1-6-7(3-4-14)5-8(16-2)9(15-6)17-10(11,12)13/h5H,3H2,1-2H3. The number of aryl methyl sites for hydroxylation is 1. The van der Waals surface area contributed by atoms with E-state index in [1.165, 1.54) is 20.1 Å². The molecule has 0 aromatic carbocycles. The number of pyridine rings is 1. The first kappa shape index (κ1) is 13.1. The van der Waals surface area contributed by atoms with E-state index in [0.717, 1.165) is 0 Å². The Balaban J connectivity index is 3.15. The minimum Gasteiger partial charge on any atom is -0.491 e. The van der Waals surface area contributed by atoms with Gasteiger partial charge in [-0.2, -0.15) is 5.26 Å². The van der Waals surface area contributed by atoms with Crippen molar-refractivity contribution in [3.63, 3.8) is 0 Å². The van der Waals surface area contributed by atoms with Crippen LogP contribution >= 0.6 is 0 Å². The van der Waals surface area contributed by atoms with Gasteiger partial charge in [0.25, 0.3) is 5.88 Å². The van der Waals surface area contributed by atoms with Crippen LogP contribution in [0.2, 0.25) is 0 Å². The molecule has 0 spiro atoms. The van der Waals surface area contributed by atoms with Gasteiger partial charge in [-0.3, -0.25) is 0 Å². The second-order valence-electron chi connectivity index (χ2n) is 3.12. The second kappa shape index (κ2) is 4.91. The van der Waals surface area contributed by atoms with E-state index in [9.17, 15) is 13.2 Å². The van der Waals surface area contributed by atoms with Crippen molar-refractivity contribution >= 4 is 0 Å². The number of hydrogen-bond donors (Lipinski definition) is 0. The molecule has 0 atom stereocenters. The molecule has 0 amide bonds. The molecule has 0 N–H and O–H groups in total. The maximum Gasteiger partial charge on any atom is 0.574 e. The molecule has 0 radical (unpaired) electrons. The third-order valence-corrected chi connectivity index (χ3v) is 1.95. The third kappa shape index (κ3) is 3.52. The van der Waals surface area contributed by atoms with Gasteiger partial charge in [0.05, 0.1) is 19.6 Å². The van der Waals surface area contributed by atoms with Crippen molar-refractivity contribution in [2.75, 3.05) is 7.11 Å². The number of halogens is 3. The fourth-order valence-corrected chi connectivity index (χ4v) is 1.20. The Morgan fingerprint density at radius 3 is 2.59 bits per heavy atom. The first-order chi connectivity index (χ1) is 7.87. The number of rotatable bonds is 3. The molecular weight excluding hydrogens is 237 g/mol. The molecule has 92 valence electrons. The Morgan fingerprint density at radius 2 is 2.12 bits per heavy atom. The maximum atomic E-state index is 12.1. The largest absolute Gasteiger partial charge is 0.574 e. The van der Waals surface area contributed by atoms with Crippen molar-refractivity contribution in [2.45, 2.75) is 19.7 Å². The number of nitrogens with zero attached hydrogens (tertiary/aromatic N) is 2. The van der Waals surface area contributed by atoms with E-state index in [2.05, 4.69) is 9.72 Å². The summed E-state index contributed by atoms with van der Waals surface area (Å²) in [6.07, 6.45) is -4.79. The van der Waals surface area contributed by atoms with Gasteiger partial charge in [-0.15, -0.1) is 13.2 Å². The van der Waals surface area contributed by atoms with Gasteiger partial charge >= 0.3 is 6.36 Å². The normalized spacial score (nSPS) is 10.8. The van der Waals surface area contributed by atoms with Gasteiger partial charge in [0.2, 0.25) is 0 Å². The molecule has 4 nitrogen and oxygen atoms in total. The minimum absolute atomic E-state index is 0.0431. The van der Waals surface area contributed by atoms with Crippen LogP contribution in [0.1, 0.15) is 11.3 Å². The highest BCUT2D eigenvalue weighted by molar-refractivity contribution is 5.40. The zero-order chi connectivity index (χ0) is 13.1. The second-order valence-corrected chi connectivity index (χ2v) is 3.12. The lowest BCUT2D eigenvalue weighted by Crippen LogP contribution is -2.19. The average molecular weight is 246 g/mol. The van der Waals surface area contributed by atoms with E-state index in [0.29, 0.717) is 11.3 Å². The summed E-state index contributed by atoms with van der Waals surface area (Å²) in [5, 5.41) is 8.53. The molecule has 0 aliphatic heterocycles. The summed E-state index contributed by atoms with van der Waals surface area (Å²) >= 11 is 0. The Bertz CT molecular complexity index is 452. The quantitative estimate of drug-likeness (QED) is 0.821. The molecule has 0 fully saturated rings. The van der Waals surface area contributed by atoms with Crippen LogP contribution in [0.15, 0.2) is 6.07 Å². The summed E-state index contributed by atoms with van der Waals surface area (Å²) in [6.45, 7) is 1.50. The number of aromatic nitrogens is 1. The number of nitriles is 1. The fourth-order valence-electron chi connectivity index (χ4n) is 1.20. The van der Waals surface area contributed by atoms with E-state index < -0.39 is 12.2 Å². The Kier molecular flexibility index (Phi) is 3.78. The topological polar surface area (TPSA) is 55.1 Å². The maximum absolute atomic E-state index is 12.1. The Hall–Kier alpha value is -1.97. The smallest absolute Gasteiger partial charge is 0.491 e. The first-order valence-electron chi connectivity index (χ1n) is 4.54. The summed E-state index contributed by atoms with van der Waals surface area (Å²) in [5.74, 6) is -0.808. The zero-order valence-electron chi connectivity index (χ0n) is 9.13. The van der Waals surface area contributed by atoms with Crippen LogP contribution in [0.25, 0.3) is 0 Å². The monoisotopic (exact) mass is 246 g/mol. The van der Waals surface area contributed by atoms with Gasteiger partial charge in [-0.25, -0.2) is 4.98 Å². The highest BCUT2D eigenvalue weighted by atomic mass is 19.4. The van der Waals surface area contributed by atoms with Crippen molar-refractivity contribution in [2.24, 2.45) is 0 Å². The van der Waals surface area contributed by atoms with Gasteiger partial charge in [0.1, 0.15) is 0 Å². The van der Waals surface area contributed by atoms with Gasteiger partial charge < -0.3 is 9.47 Å². The molecule has 7 heteroatoms. The highest BCUT2D eigenvalue weighted by Gasteiger charge is 2.33. The predicted octanol–water partition coefficient (Wildman–Crippen LogP) is 2.36. The van der Waals surface area contributed by atoms with Crippen LogP contribution in [0.3, 0.4) is 0 Å². The van der Waals surface area contributed by atoms with Gasteiger partial charge in [-0.05, 0) is 18.6 Å². The molecule has 0 aliphatic carbocycles. The minimum atomic E-state index is -4.83. The zero-order valence-corrected chi connectivity index (χ0v) is 9.13. The average Bonchev–Trinajstić information content (AvgIpc) is 2.20. The summed E-state index contributed by atoms with van der Waals surface area (Å²) in [5.41, 5.74) is 0.797. The van der Waals surface area contributed by atoms with Crippen LogP contribution in [0.4, 0.5) is 13.2 Å². The summed E-state index contributed by atoms with van der Waals surface area (Å²) in [6, 6.07) is 3.20. The molecule has 0 aliphatic rings. The Labute approximate surface area is 95.6 Å². The van der Waals surface area contributed by atoms with Crippen LogP contribution in [0.5, 0.6) is 11.6 Å². The molecule has 1 heterocycles. The molecular formula is C10H9F3N2O2. The fraction of sp³-hybridized carbons (Fsp3) is 0.400. The van der Waals surface area contributed by atoms with Gasteiger partial charge in [0, 0.05) is 5.69 Å². The summed E-state index contributed by atoms with van der Waals surface area (Å²) in [4.78, 5) is 3.63. The SMILES string of the molecule is COc1cc(CC#N)c(C)nc1OC(F)(F)F. The van der Waals surface area contributed by atoms with Crippen molar-refractivity contribution in [1.29, 1.82) is 5.26 Å². The molecule has 17 heavy (non-hydrogen) atoms. The lowest BCUT2D eigenvalue weighted by Gasteiger charge is -2.13. The van der Waals surface area contributed by atoms with Crippen molar-refractivity contribution < 1.29 is 22.6 Å². The molecule has 0 saturated carbocycles. The number of alkyl halides is 3. The van der Waals surface area contributed by atoms with Gasteiger partial charge in [-0.1, -0.05) is 0 Å². The molecule has 0 unspecified atom stereocenters. The third-order valence-electron chi connectivity index (χ3n) is 1.95. The van der Waals surface area contributed by atoms with E-state index in [1.807, 2.05) is 6.07 Å². The predicted molar refractivity (Wildman–Crippen MR) is 51.5 cm³/mol. The number of ether oxygens (including phenoxy) is 2. The summed E-state index contributed by atoms with van der Waals surface area (Å²) in [7, 11) is 1.20. The van der Waals surface area contributed by atoms with Gasteiger partial charge in [0.15, 0.2) is 5.75 Å². The highest BCUT2D eigenvalue weighted by Crippen LogP contribution is 2.31. The van der Waals surface area contributed by atoms with Crippen LogP contribution in [0, 0.1) is 18.3 Å². The van der Waals surface area contributed by atoms with E-state index in [4.69, 9.17) is 10.00 Å². The van der Waals surface area contributed by atoms with E-state index in [1.54, 1.807) is 0 Å². The van der Waals surface area contributed by atoms with E-state index in [-0.39, 0.29) is 12.2 Å². The van der Waals surface area contributed by atoms with Crippen LogP contribution < -0.4 is 9.47 Å². The van der Waals surface area contributed by atoms with Crippen molar-refractivity contribution in [3.05, 3.63) is 17.3 Å². The van der Waals surface area contributed by atoms with Crippen LogP contribution in [-0.2, 0) is 6.42 Å². The van der Waals surface area contributed by atoms with Crippen LogP contribution in [-0.4, -0.2) is 18.5 Å². The molecule has 1 aromatic rings. The molecule has 0 bridgehead atoms. The van der Waals surface area contributed by atoms with Crippen molar-refractivity contribution in [1.82, 2.24) is 4.98 Å². The molecule has 1 aromatic heterocycles.